The van der Waals surface area contributed by atoms with Crippen LogP contribution < -0.4 is 10.2 Å². The number of fused-ring (bicyclic) bond motifs is 1. The highest BCUT2D eigenvalue weighted by Crippen LogP contribution is 2.37. The zero-order valence-electron chi connectivity index (χ0n) is 17.5. The topological polar surface area (TPSA) is 69.7 Å². The Morgan fingerprint density at radius 2 is 1.77 bits per heavy atom. The van der Waals surface area contributed by atoms with Gasteiger partial charge in [-0.3, -0.25) is 4.79 Å². The molecule has 2 aliphatic rings. The molecule has 8 heteroatoms. The molecule has 0 spiro atoms. The molecule has 1 amide bonds. The molecule has 1 N–H and O–H groups in total. The third-order valence-corrected chi connectivity index (χ3v) is 8.68. The molecule has 2 aromatic carbocycles. The molecule has 0 unspecified atom stereocenters. The number of carbonyl (C=O) groups excluding carboxylic acids is 1. The van der Waals surface area contributed by atoms with Crippen molar-refractivity contribution in [2.45, 2.75) is 42.2 Å². The summed E-state index contributed by atoms with van der Waals surface area (Å²) in [6.07, 6.45) is 0.418. The van der Waals surface area contributed by atoms with Crippen molar-refractivity contribution in [2.75, 3.05) is 36.4 Å². The molecule has 1 saturated heterocycles. The molecular weight excluding hydrogens is 418 g/mol. The summed E-state index contributed by atoms with van der Waals surface area (Å²) in [5.74, 6) is -0.0783. The number of thioether (sulfide) groups is 1. The van der Waals surface area contributed by atoms with Gasteiger partial charge in [0, 0.05) is 48.4 Å². The predicted octanol–water partition coefficient (Wildman–Crippen LogP) is 3.64. The van der Waals surface area contributed by atoms with E-state index < -0.39 is 10.0 Å². The van der Waals surface area contributed by atoms with Crippen molar-refractivity contribution >= 4 is 39.1 Å². The molecule has 0 aliphatic carbocycles. The SMILES string of the molecule is Cc1ccc(C)c(N2CCN(S(=O)(=O)c3ccc4c(c3)NC(=O)C[C@@H](C)S4)CC2)c1. The van der Waals surface area contributed by atoms with Gasteiger partial charge in [-0.25, -0.2) is 8.42 Å². The highest BCUT2D eigenvalue weighted by molar-refractivity contribution is 8.00. The van der Waals surface area contributed by atoms with Crippen LogP contribution in [0.4, 0.5) is 11.4 Å². The molecule has 1 atom stereocenters. The monoisotopic (exact) mass is 445 g/mol. The van der Waals surface area contributed by atoms with Crippen LogP contribution in [0, 0.1) is 13.8 Å². The number of piperazine rings is 1. The fourth-order valence-corrected chi connectivity index (χ4v) is 6.47. The number of hydrogen-bond donors (Lipinski definition) is 1. The first-order valence-electron chi connectivity index (χ1n) is 10.2. The lowest BCUT2D eigenvalue weighted by molar-refractivity contribution is -0.116. The lowest BCUT2D eigenvalue weighted by atomic mass is 10.1. The van der Waals surface area contributed by atoms with Gasteiger partial charge in [0.25, 0.3) is 0 Å². The minimum absolute atomic E-state index is 0.0783. The average molecular weight is 446 g/mol. The summed E-state index contributed by atoms with van der Waals surface area (Å²) in [5, 5.41) is 3.02. The van der Waals surface area contributed by atoms with E-state index in [4.69, 9.17) is 0 Å². The normalized spacial score (nSPS) is 20.4. The van der Waals surface area contributed by atoms with E-state index in [0.29, 0.717) is 38.3 Å². The second kappa shape index (κ2) is 8.24. The maximum absolute atomic E-state index is 13.3. The quantitative estimate of drug-likeness (QED) is 0.781. The first-order chi connectivity index (χ1) is 14.2. The van der Waals surface area contributed by atoms with Crippen LogP contribution in [-0.2, 0) is 14.8 Å². The summed E-state index contributed by atoms with van der Waals surface area (Å²) in [6, 6.07) is 11.4. The summed E-state index contributed by atoms with van der Waals surface area (Å²) < 4.78 is 28.1. The molecule has 6 nitrogen and oxygen atoms in total. The minimum atomic E-state index is -3.62. The highest BCUT2D eigenvalue weighted by Gasteiger charge is 2.30. The van der Waals surface area contributed by atoms with Gasteiger partial charge in [0.05, 0.1) is 10.6 Å². The van der Waals surface area contributed by atoms with E-state index in [2.05, 4.69) is 42.3 Å². The van der Waals surface area contributed by atoms with E-state index in [1.54, 1.807) is 34.3 Å². The van der Waals surface area contributed by atoms with Gasteiger partial charge in [-0.1, -0.05) is 19.1 Å². The first kappa shape index (κ1) is 21.2. The van der Waals surface area contributed by atoms with Gasteiger partial charge in [0.1, 0.15) is 0 Å². The largest absolute Gasteiger partial charge is 0.369 e. The zero-order chi connectivity index (χ0) is 21.5. The zero-order valence-corrected chi connectivity index (χ0v) is 19.1. The van der Waals surface area contributed by atoms with Gasteiger partial charge in [0.15, 0.2) is 0 Å². The second-order valence-corrected chi connectivity index (χ2v) is 11.4. The molecule has 2 heterocycles. The van der Waals surface area contributed by atoms with E-state index in [1.165, 1.54) is 16.8 Å². The Bertz CT molecular complexity index is 1080. The van der Waals surface area contributed by atoms with E-state index in [9.17, 15) is 13.2 Å². The van der Waals surface area contributed by atoms with Crippen LogP contribution in [0.25, 0.3) is 0 Å². The average Bonchev–Trinajstić information content (AvgIpc) is 2.85. The predicted molar refractivity (Wildman–Crippen MR) is 122 cm³/mol. The molecule has 1 fully saturated rings. The number of hydrogen-bond acceptors (Lipinski definition) is 5. The van der Waals surface area contributed by atoms with Crippen molar-refractivity contribution in [2.24, 2.45) is 0 Å². The summed E-state index contributed by atoms with van der Waals surface area (Å²) in [5.41, 5.74) is 4.16. The highest BCUT2D eigenvalue weighted by atomic mass is 32.2. The Balaban J connectivity index is 1.53. The number of anilines is 2. The Labute approximate surface area is 182 Å². The van der Waals surface area contributed by atoms with Crippen LogP contribution in [0.15, 0.2) is 46.2 Å². The fraction of sp³-hybridized carbons (Fsp3) is 0.409. The molecule has 4 rings (SSSR count). The Morgan fingerprint density at radius 3 is 2.50 bits per heavy atom. The van der Waals surface area contributed by atoms with Crippen LogP contribution in [0.1, 0.15) is 24.5 Å². The molecule has 160 valence electrons. The second-order valence-electron chi connectivity index (χ2n) is 8.02. The summed E-state index contributed by atoms with van der Waals surface area (Å²) in [4.78, 5) is 15.4. The Morgan fingerprint density at radius 1 is 1.03 bits per heavy atom. The lowest BCUT2D eigenvalue weighted by Crippen LogP contribution is -2.48. The maximum Gasteiger partial charge on any atom is 0.243 e. The van der Waals surface area contributed by atoms with Crippen molar-refractivity contribution < 1.29 is 13.2 Å². The van der Waals surface area contributed by atoms with Crippen LogP contribution in [0.2, 0.25) is 0 Å². The van der Waals surface area contributed by atoms with Crippen LogP contribution in [0.3, 0.4) is 0 Å². The summed E-state index contributed by atoms with van der Waals surface area (Å²) in [6.45, 7) is 8.33. The first-order valence-corrected chi connectivity index (χ1v) is 12.5. The van der Waals surface area contributed by atoms with Crippen molar-refractivity contribution in [3.05, 3.63) is 47.5 Å². The van der Waals surface area contributed by atoms with Gasteiger partial charge in [-0.15, -0.1) is 11.8 Å². The number of nitrogens with one attached hydrogen (secondary N) is 1. The third kappa shape index (κ3) is 4.22. The van der Waals surface area contributed by atoms with Crippen molar-refractivity contribution in [3.8, 4) is 0 Å². The van der Waals surface area contributed by atoms with E-state index in [-0.39, 0.29) is 16.1 Å². The number of amides is 1. The molecule has 0 saturated carbocycles. The summed E-state index contributed by atoms with van der Waals surface area (Å²) in [7, 11) is -3.62. The summed E-state index contributed by atoms with van der Waals surface area (Å²) >= 11 is 1.59. The number of carbonyl (C=O) groups is 1. The number of aryl methyl sites for hydroxylation is 2. The van der Waals surface area contributed by atoms with E-state index in [0.717, 1.165) is 4.90 Å². The maximum atomic E-state index is 13.3. The smallest absolute Gasteiger partial charge is 0.243 e. The van der Waals surface area contributed by atoms with Gasteiger partial charge in [-0.05, 0) is 49.2 Å². The van der Waals surface area contributed by atoms with Gasteiger partial charge >= 0.3 is 0 Å². The van der Waals surface area contributed by atoms with Crippen molar-refractivity contribution in [1.29, 1.82) is 0 Å². The van der Waals surface area contributed by atoms with Crippen molar-refractivity contribution in [3.63, 3.8) is 0 Å². The minimum Gasteiger partial charge on any atom is -0.369 e. The number of benzene rings is 2. The molecule has 0 bridgehead atoms. The van der Waals surface area contributed by atoms with Crippen molar-refractivity contribution in [1.82, 2.24) is 4.31 Å². The molecule has 0 aromatic heterocycles. The number of rotatable bonds is 3. The molecule has 2 aromatic rings. The standard InChI is InChI=1S/C22H27N3O3S2/c1-15-4-5-16(2)20(12-15)24-8-10-25(11-9-24)30(27,28)18-6-7-21-19(14-18)23-22(26)13-17(3)29-21/h4-7,12,14,17H,8-11,13H2,1-3H3,(H,23,26)/t17-/m1/s1. The van der Waals surface area contributed by atoms with Crippen LogP contribution in [0.5, 0.6) is 0 Å². The number of nitrogens with zero attached hydrogens (tertiary/aromatic N) is 2. The molecule has 2 aliphatic heterocycles. The Hall–Kier alpha value is -2.03. The number of sulfonamides is 1. The van der Waals surface area contributed by atoms with Crippen LogP contribution >= 0.6 is 11.8 Å². The lowest BCUT2D eigenvalue weighted by Gasteiger charge is -2.36. The van der Waals surface area contributed by atoms with Gasteiger partial charge in [-0.2, -0.15) is 4.31 Å². The van der Waals surface area contributed by atoms with Gasteiger partial charge in [0.2, 0.25) is 15.9 Å². The molecular formula is C22H27N3O3S2. The fourth-order valence-electron chi connectivity index (χ4n) is 3.97. The van der Waals surface area contributed by atoms with E-state index >= 15 is 0 Å². The third-order valence-electron chi connectivity index (χ3n) is 5.61. The molecule has 30 heavy (non-hydrogen) atoms. The van der Waals surface area contributed by atoms with Crippen LogP contribution in [-0.4, -0.2) is 50.1 Å². The van der Waals surface area contributed by atoms with E-state index in [1.807, 2.05) is 6.92 Å². The van der Waals surface area contributed by atoms with Gasteiger partial charge < -0.3 is 10.2 Å². The Kier molecular flexibility index (Phi) is 5.83. The molecule has 0 radical (unpaired) electrons.